The van der Waals surface area contributed by atoms with E-state index in [9.17, 15) is 0 Å². The molecule has 1 aliphatic heterocycles. The van der Waals surface area contributed by atoms with E-state index in [0.29, 0.717) is 5.92 Å². The Morgan fingerprint density at radius 2 is 1.33 bits per heavy atom. The van der Waals surface area contributed by atoms with Crippen molar-refractivity contribution in [3.63, 3.8) is 0 Å². The van der Waals surface area contributed by atoms with Gasteiger partial charge in [-0.1, -0.05) is 97.0 Å². The summed E-state index contributed by atoms with van der Waals surface area (Å²) in [6, 6.07) is 12.4. The van der Waals surface area contributed by atoms with E-state index in [1.807, 2.05) is 18.3 Å². The predicted molar refractivity (Wildman–Crippen MR) is 149 cm³/mol. The Morgan fingerprint density at radius 3 is 1.94 bits per heavy atom. The highest BCUT2D eigenvalue weighted by Gasteiger charge is 2.23. The van der Waals surface area contributed by atoms with Crippen molar-refractivity contribution < 1.29 is 14.2 Å². The van der Waals surface area contributed by atoms with Gasteiger partial charge in [0.15, 0.2) is 6.29 Å². The van der Waals surface area contributed by atoms with Crippen LogP contribution in [0.1, 0.15) is 116 Å². The lowest BCUT2D eigenvalue weighted by atomic mass is 10.0. The van der Waals surface area contributed by atoms with Gasteiger partial charge in [0.05, 0.1) is 25.5 Å². The maximum atomic E-state index is 6.02. The van der Waals surface area contributed by atoms with Crippen molar-refractivity contribution in [3.8, 4) is 17.0 Å². The topological polar surface area (TPSA) is 40.6 Å². The van der Waals surface area contributed by atoms with Gasteiger partial charge in [-0.25, -0.2) is 0 Å². The van der Waals surface area contributed by atoms with Crippen molar-refractivity contribution >= 4 is 0 Å². The van der Waals surface area contributed by atoms with Crippen LogP contribution in [0.2, 0.25) is 0 Å². The number of ether oxygens (including phenoxy) is 3. The third-order valence-electron chi connectivity index (χ3n) is 7.16. The Bertz CT molecular complexity index is 797. The number of rotatable bonds is 18. The number of hydrogen-bond acceptors (Lipinski definition) is 4. The fourth-order valence-corrected chi connectivity index (χ4v) is 4.80. The standard InChI is InChI=1S/C32H49NO3/c1-3-5-7-9-10-11-13-15-23-34-30-20-17-28(18-21-30)31-22-19-29(24-33-31)32-35-25-27(26-36-32)16-14-12-8-6-4-2/h17-22,24,27,32H,3-16,23,25-26H2,1-2H3/t27-,32-. The Kier molecular flexibility index (Phi) is 14.0. The van der Waals surface area contributed by atoms with Gasteiger partial charge in [-0.3, -0.25) is 4.98 Å². The average Bonchev–Trinajstić information content (AvgIpc) is 2.93. The molecule has 0 amide bonds. The molecule has 0 atom stereocenters. The zero-order valence-electron chi connectivity index (χ0n) is 22.9. The monoisotopic (exact) mass is 495 g/mol. The summed E-state index contributed by atoms with van der Waals surface area (Å²) < 4.78 is 18.0. The van der Waals surface area contributed by atoms with Crippen molar-refractivity contribution in [2.24, 2.45) is 5.92 Å². The van der Waals surface area contributed by atoms with Crippen LogP contribution in [-0.2, 0) is 9.47 Å². The second kappa shape index (κ2) is 17.5. The molecule has 1 aromatic carbocycles. The summed E-state index contributed by atoms with van der Waals surface area (Å²) in [6.45, 7) is 6.88. The first kappa shape index (κ1) is 28.7. The third kappa shape index (κ3) is 10.6. The second-order valence-corrected chi connectivity index (χ2v) is 10.4. The van der Waals surface area contributed by atoms with E-state index in [0.717, 1.165) is 48.8 Å². The van der Waals surface area contributed by atoms with Crippen molar-refractivity contribution in [2.75, 3.05) is 19.8 Å². The lowest BCUT2D eigenvalue weighted by Crippen LogP contribution is -2.27. The van der Waals surface area contributed by atoms with Gasteiger partial charge in [0.25, 0.3) is 0 Å². The molecule has 4 nitrogen and oxygen atoms in total. The van der Waals surface area contributed by atoms with Crippen LogP contribution in [0, 0.1) is 5.92 Å². The van der Waals surface area contributed by atoms with Gasteiger partial charge in [0.1, 0.15) is 5.75 Å². The quantitative estimate of drug-likeness (QED) is 0.193. The smallest absolute Gasteiger partial charge is 0.185 e. The highest BCUT2D eigenvalue weighted by molar-refractivity contribution is 5.60. The van der Waals surface area contributed by atoms with Crippen LogP contribution in [-0.4, -0.2) is 24.8 Å². The van der Waals surface area contributed by atoms with E-state index in [-0.39, 0.29) is 6.29 Å². The zero-order valence-corrected chi connectivity index (χ0v) is 22.9. The molecule has 4 heteroatoms. The molecule has 3 rings (SSSR count). The normalized spacial score (nSPS) is 17.8. The van der Waals surface area contributed by atoms with Crippen LogP contribution >= 0.6 is 0 Å². The van der Waals surface area contributed by atoms with Gasteiger partial charge < -0.3 is 14.2 Å². The molecule has 0 saturated carbocycles. The molecule has 0 spiro atoms. The molecule has 1 aromatic heterocycles. The van der Waals surface area contributed by atoms with E-state index < -0.39 is 0 Å². The number of unbranched alkanes of at least 4 members (excludes halogenated alkanes) is 11. The van der Waals surface area contributed by atoms with Crippen molar-refractivity contribution in [1.29, 1.82) is 0 Å². The Morgan fingerprint density at radius 1 is 0.722 bits per heavy atom. The SMILES string of the molecule is CCCCCCCCCCOc1ccc(-c2ccc([C@H]3OC[C@H](CCCCCCC)CO3)cn2)cc1. The van der Waals surface area contributed by atoms with Crippen LogP contribution in [0.15, 0.2) is 42.6 Å². The number of aromatic nitrogens is 1. The summed E-state index contributed by atoms with van der Waals surface area (Å²) in [5.41, 5.74) is 3.04. The molecular weight excluding hydrogens is 446 g/mol. The van der Waals surface area contributed by atoms with Crippen molar-refractivity contribution in [2.45, 2.75) is 110 Å². The lowest BCUT2D eigenvalue weighted by molar-refractivity contribution is -0.206. The molecule has 2 heterocycles. The fourth-order valence-electron chi connectivity index (χ4n) is 4.80. The second-order valence-electron chi connectivity index (χ2n) is 10.4. The molecular formula is C32H49NO3. The third-order valence-corrected chi connectivity index (χ3v) is 7.16. The highest BCUT2D eigenvalue weighted by Crippen LogP contribution is 2.28. The molecule has 0 N–H and O–H groups in total. The van der Waals surface area contributed by atoms with Gasteiger partial charge in [0.2, 0.25) is 0 Å². The molecule has 36 heavy (non-hydrogen) atoms. The molecule has 200 valence electrons. The molecule has 1 saturated heterocycles. The molecule has 1 fully saturated rings. The minimum Gasteiger partial charge on any atom is -0.494 e. The maximum absolute atomic E-state index is 6.02. The number of pyridine rings is 1. The predicted octanol–water partition coefficient (Wildman–Crippen LogP) is 9.29. The van der Waals surface area contributed by atoms with Gasteiger partial charge in [-0.2, -0.15) is 0 Å². The summed E-state index contributed by atoms with van der Waals surface area (Å²) in [4.78, 5) is 4.67. The summed E-state index contributed by atoms with van der Waals surface area (Å²) in [5.74, 6) is 1.45. The van der Waals surface area contributed by atoms with E-state index >= 15 is 0 Å². The summed E-state index contributed by atoms with van der Waals surface area (Å²) in [6.07, 6.45) is 19.9. The summed E-state index contributed by atoms with van der Waals surface area (Å²) >= 11 is 0. The molecule has 0 aliphatic carbocycles. The van der Waals surface area contributed by atoms with Crippen LogP contribution in [0.25, 0.3) is 11.3 Å². The largest absolute Gasteiger partial charge is 0.494 e. The Balaban J connectivity index is 1.33. The number of nitrogens with zero attached hydrogens (tertiary/aromatic N) is 1. The Labute approximate surface area is 220 Å². The van der Waals surface area contributed by atoms with Gasteiger partial charge in [0, 0.05) is 23.2 Å². The van der Waals surface area contributed by atoms with E-state index in [4.69, 9.17) is 14.2 Å². The van der Waals surface area contributed by atoms with Crippen LogP contribution in [0.3, 0.4) is 0 Å². The fraction of sp³-hybridized carbons (Fsp3) is 0.656. The zero-order chi connectivity index (χ0) is 25.3. The molecule has 0 bridgehead atoms. The van der Waals surface area contributed by atoms with E-state index in [1.54, 1.807) is 0 Å². The Hall–Kier alpha value is -1.91. The van der Waals surface area contributed by atoms with E-state index in [1.165, 1.54) is 83.5 Å². The summed E-state index contributed by atoms with van der Waals surface area (Å²) in [5, 5.41) is 0. The van der Waals surface area contributed by atoms with E-state index in [2.05, 4.69) is 43.1 Å². The molecule has 0 radical (unpaired) electrons. The minimum atomic E-state index is -0.296. The minimum absolute atomic E-state index is 0.296. The van der Waals surface area contributed by atoms with Gasteiger partial charge >= 0.3 is 0 Å². The van der Waals surface area contributed by atoms with Crippen molar-refractivity contribution in [3.05, 3.63) is 48.2 Å². The lowest BCUT2D eigenvalue weighted by Gasteiger charge is -2.29. The molecule has 0 unspecified atom stereocenters. The van der Waals surface area contributed by atoms with Crippen LogP contribution in [0.4, 0.5) is 0 Å². The first-order chi connectivity index (χ1) is 17.8. The molecule has 2 aromatic rings. The van der Waals surface area contributed by atoms with Gasteiger partial charge in [-0.05, 0) is 43.2 Å². The molecule has 1 aliphatic rings. The highest BCUT2D eigenvalue weighted by atomic mass is 16.7. The van der Waals surface area contributed by atoms with Gasteiger partial charge in [-0.15, -0.1) is 0 Å². The average molecular weight is 496 g/mol. The number of hydrogen-bond donors (Lipinski definition) is 0. The number of benzene rings is 1. The maximum Gasteiger partial charge on any atom is 0.185 e. The first-order valence-corrected chi connectivity index (χ1v) is 14.7. The first-order valence-electron chi connectivity index (χ1n) is 14.7. The van der Waals surface area contributed by atoms with Crippen LogP contribution < -0.4 is 4.74 Å². The van der Waals surface area contributed by atoms with Crippen molar-refractivity contribution in [1.82, 2.24) is 4.98 Å². The van der Waals surface area contributed by atoms with Crippen LogP contribution in [0.5, 0.6) is 5.75 Å². The summed E-state index contributed by atoms with van der Waals surface area (Å²) in [7, 11) is 0.